The molecule has 0 atom stereocenters. The average Bonchev–Trinajstić information content (AvgIpc) is 3.14. The average molecular weight is 507 g/mol. The van der Waals surface area contributed by atoms with Crippen molar-refractivity contribution in [2.75, 3.05) is 13.6 Å². The fraction of sp³-hybridized carbons (Fsp3) is 0.273. The first-order valence-electron chi connectivity index (χ1n) is 9.43. The van der Waals surface area contributed by atoms with Crippen LogP contribution in [0.4, 0.5) is 4.39 Å². The zero-order valence-electron chi connectivity index (χ0n) is 16.8. The molecule has 0 unspecified atom stereocenters. The number of nitrogens with zero attached hydrogens (tertiary/aromatic N) is 4. The van der Waals surface area contributed by atoms with Crippen LogP contribution in [0.25, 0.3) is 0 Å². The molecule has 0 aliphatic rings. The number of rotatable bonds is 7. The SMILES string of the molecule is CCNC(=NCc1nccn1Cc1ccccc1)N(C)Cc1ccc(F)cc1.I. The summed E-state index contributed by atoms with van der Waals surface area (Å²) in [6, 6.07) is 16.9. The molecule has 3 aromatic rings. The number of nitrogens with one attached hydrogen (secondary N) is 1. The Morgan fingerprint density at radius 3 is 2.52 bits per heavy atom. The Morgan fingerprint density at radius 1 is 1.10 bits per heavy atom. The lowest BCUT2D eigenvalue weighted by molar-refractivity contribution is 0.475. The number of aliphatic imine (C=N–C) groups is 1. The van der Waals surface area contributed by atoms with Crippen molar-refractivity contribution in [1.82, 2.24) is 19.8 Å². The highest BCUT2D eigenvalue weighted by Gasteiger charge is 2.09. The molecule has 29 heavy (non-hydrogen) atoms. The van der Waals surface area contributed by atoms with Crippen LogP contribution in [0.2, 0.25) is 0 Å². The molecule has 154 valence electrons. The predicted molar refractivity (Wildman–Crippen MR) is 126 cm³/mol. The summed E-state index contributed by atoms with van der Waals surface area (Å²) in [7, 11) is 1.97. The van der Waals surface area contributed by atoms with Crippen LogP contribution in [0, 0.1) is 5.82 Å². The third-order valence-corrected chi connectivity index (χ3v) is 4.40. The monoisotopic (exact) mass is 507 g/mol. The van der Waals surface area contributed by atoms with Gasteiger partial charge in [0.2, 0.25) is 0 Å². The Kier molecular flexibility index (Phi) is 9.11. The van der Waals surface area contributed by atoms with Crippen LogP contribution in [0.15, 0.2) is 72.0 Å². The summed E-state index contributed by atoms with van der Waals surface area (Å²) in [6.07, 6.45) is 3.79. The molecule has 1 N–H and O–H groups in total. The maximum absolute atomic E-state index is 13.1. The van der Waals surface area contributed by atoms with E-state index in [1.807, 2.05) is 49.5 Å². The number of imidazole rings is 1. The van der Waals surface area contributed by atoms with Gasteiger partial charge in [-0.15, -0.1) is 24.0 Å². The topological polar surface area (TPSA) is 45.5 Å². The van der Waals surface area contributed by atoms with Gasteiger partial charge in [0, 0.05) is 39.1 Å². The molecule has 2 aromatic carbocycles. The van der Waals surface area contributed by atoms with E-state index < -0.39 is 0 Å². The second-order valence-electron chi connectivity index (χ2n) is 6.61. The van der Waals surface area contributed by atoms with Gasteiger partial charge in [0.05, 0.1) is 0 Å². The molecule has 0 amide bonds. The van der Waals surface area contributed by atoms with Gasteiger partial charge >= 0.3 is 0 Å². The molecule has 1 heterocycles. The summed E-state index contributed by atoms with van der Waals surface area (Å²) in [5.41, 5.74) is 2.26. The van der Waals surface area contributed by atoms with Crippen molar-refractivity contribution in [3.05, 3.63) is 89.8 Å². The van der Waals surface area contributed by atoms with Gasteiger partial charge in [0.25, 0.3) is 0 Å². The lowest BCUT2D eigenvalue weighted by Gasteiger charge is -2.22. The molecule has 0 fully saturated rings. The third-order valence-electron chi connectivity index (χ3n) is 4.40. The Bertz CT molecular complexity index is 893. The third kappa shape index (κ3) is 6.85. The van der Waals surface area contributed by atoms with Gasteiger partial charge < -0.3 is 14.8 Å². The lowest BCUT2D eigenvalue weighted by atomic mass is 10.2. The molecule has 0 saturated carbocycles. The fourth-order valence-corrected chi connectivity index (χ4v) is 2.97. The van der Waals surface area contributed by atoms with E-state index in [1.165, 1.54) is 17.7 Å². The first-order valence-corrected chi connectivity index (χ1v) is 9.43. The molecular weight excluding hydrogens is 480 g/mol. The first kappa shape index (κ1) is 22.9. The highest BCUT2D eigenvalue weighted by Crippen LogP contribution is 2.08. The number of hydrogen-bond acceptors (Lipinski definition) is 2. The van der Waals surface area contributed by atoms with Crippen LogP contribution in [-0.4, -0.2) is 34.0 Å². The molecule has 3 rings (SSSR count). The normalized spacial score (nSPS) is 11.1. The smallest absolute Gasteiger partial charge is 0.194 e. The van der Waals surface area contributed by atoms with Gasteiger partial charge in [-0.05, 0) is 30.2 Å². The number of aromatic nitrogens is 2. The summed E-state index contributed by atoms with van der Waals surface area (Å²) in [6.45, 7) is 4.71. The Balaban J connectivity index is 0.00000300. The van der Waals surface area contributed by atoms with Crippen molar-refractivity contribution >= 4 is 29.9 Å². The van der Waals surface area contributed by atoms with Crippen LogP contribution in [0.3, 0.4) is 0 Å². The van der Waals surface area contributed by atoms with E-state index in [0.717, 1.165) is 30.4 Å². The number of guanidine groups is 1. The van der Waals surface area contributed by atoms with E-state index in [1.54, 1.807) is 12.1 Å². The minimum Gasteiger partial charge on any atom is -0.357 e. The molecule has 5 nitrogen and oxygen atoms in total. The van der Waals surface area contributed by atoms with Crippen molar-refractivity contribution in [1.29, 1.82) is 0 Å². The number of halogens is 2. The Morgan fingerprint density at radius 2 is 1.83 bits per heavy atom. The van der Waals surface area contributed by atoms with E-state index in [2.05, 4.69) is 27.0 Å². The Hall–Kier alpha value is -2.42. The van der Waals surface area contributed by atoms with Crippen LogP contribution >= 0.6 is 24.0 Å². The Labute approximate surface area is 188 Å². The van der Waals surface area contributed by atoms with Gasteiger partial charge in [-0.1, -0.05) is 42.5 Å². The predicted octanol–water partition coefficient (Wildman–Crippen LogP) is 4.29. The minimum atomic E-state index is -0.225. The molecule has 0 aliphatic heterocycles. The first-order chi connectivity index (χ1) is 13.7. The molecular formula is C22H27FIN5. The molecule has 1 aromatic heterocycles. The fourth-order valence-electron chi connectivity index (χ4n) is 2.97. The summed E-state index contributed by atoms with van der Waals surface area (Å²) < 4.78 is 15.2. The highest BCUT2D eigenvalue weighted by molar-refractivity contribution is 14.0. The summed E-state index contributed by atoms with van der Waals surface area (Å²) >= 11 is 0. The van der Waals surface area contributed by atoms with E-state index in [4.69, 9.17) is 4.99 Å². The van der Waals surface area contributed by atoms with E-state index in [9.17, 15) is 4.39 Å². The quantitative estimate of drug-likeness (QED) is 0.295. The van der Waals surface area contributed by atoms with Gasteiger partial charge in [-0.3, -0.25) is 0 Å². The van der Waals surface area contributed by atoms with E-state index in [-0.39, 0.29) is 29.8 Å². The maximum Gasteiger partial charge on any atom is 0.194 e. The molecule has 0 radical (unpaired) electrons. The van der Waals surface area contributed by atoms with E-state index >= 15 is 0 Å². The van der Waals surface area contributed by atoms with Crippen molar-refractivity contribution < 1.29 is 4.39 Å². The number of benzene rings is 2. The summed E-state index contributed by atoms with van der Waals surface area (Å²) in [5, 5.41) is 3.31. The zero-order valence-corrected chi connectivity index (χ0v) is 19.1. The van der Waals surface area contributed by atoms with E-state index in [0.29, 0.717) is 13.1 Å². The van der Waals surface area contributed by atoms with Crippen molar-refractivity contribution in [3.63, 3.8) is 0 Å². The molecule has 0 spiro atoms. The lowest BCUT2D eigenvalue weighted by Crippen LogP contribution is -2.38. The van der Waals surface area contributed by atoms with Crippen LogP contribution in [0.5, 0.6) is 0 Å². The minimum absolute atomic E-state index is 0. The van der Waals surface area contributed by atoms with Crippen LogP contribution in [-0.2, 0) is 19.6 Å². The number of hydrogen-bond donors (Lipinski definition) is 1. The van der Waals surface area contributed by atoms with Gasteiger partial charge in [-0.2, -0.15) is 0 Å². The van der Waals surface area contributed by atoms with Crippen molar-refractivity contribution in [2.45, 2.75) is 26.6 Å². The standard InChI is InChI=1S/C22H26FN5.HI/c1-3-24-22(27(2)16-19-9-11-20(23)12-10-19)26-15-21-25-13-14-28(21)17-18-7-5-4-6-8-18;/h4-14H,3,15-17H2,1-2H3,(H,24,26);1H. The summed E-state index contributed by atoms with van der Waals surface area (Å²) in [4.78, 5) is 11.2. The second kappa shape index (κ2) is 11.5. The van der Waals surface area contributed by atoms with Crippen LogP contribution < -0.4 is 5.32 Å². The van der Waals surface area contributed by atoms with Crippen LogP contribution in [0.1, 0.15) is 23.9 Å². The molecule has 0 saturated heterocycles. The largest absolute Gasteiger partial charge is 0.357 e. The van der Waals surface area contributed by atoms with Gasteiger partial charge in [-0.25, -0.2) is 14.4 Å². The highest BCUT2D eigenvalue weighted by atomic mass is 127. The maximum atomic E-state index is 13.1. The zero-order chi connectivity index (χ0) is 19.8. The van der Waals surface area contributed by atoms with Gasteiger partial charge in [0.1, 0.15) is 18.2 Å². The summed E-state index contributed by atoms with van der Waals surface area (Å²) in [5.74, 6) is 1.48. The second-order valence-corrected chi connectivity index (χ2v) is 6.61. The molecule has 7 heteroatoms. The van der Waals surface area contributed by atoms with Crippen molar-refractivity contribution in [3.8, 4) is 0 Å². The molecule has 0 bridgehead atoms. The van der Waals surface area contributed by atoms with Crippen molar-refractivity contribution in [2.24, 2.45) is 4.99 Å². The molecule has 0 aliphatic carbocycles. The van der Waals surface area contributed by atoms with Gasteiger partial charge in [0.15, 0.2) is 5.96 Å².